The van der Waals surface area contributed by atoms with Gasteiger partial charge in [-0.25, -0.2) is 4.79 Å². The summed E-state index contributed by atoms with van der Waals surface area (Å²) in [6, 6.07) is 14.7. The number of hydrogen-bond donors (Lipinski definition) is 1. The molecular formula is C26H24O9. The van der Waals surface area contributed by atoms with Crippen molar-refractivity contribution in [2.45, 2.75) is 19.8 Å². The van der Waals surface area contributed by atoms with Crippen molar-refractivity contribution in [2.24, 2.45) is 0 Å². The minimum absolute atomic E-state index is 0.0526. The molecule has 3 aromatic carbocycles. The van der Waals surface area contributed by atoms with Gasteiger partial charge in [-0.15, -0.1) is 0 Å². The molecule has 9 nitrogen and oxygen atoms in total. The highest BCUT2D eigenvalue weighted by atomic mass is 16.7. The van der Waals surface area contributed by atoms with E-state index in [1.165, 1.54) is 14.0 Å². The highest BCUT2D eigenvalue weighted by molar-refractivity contribution is 5.96. The number of carbonyl (C=O) groups is 2. The third kappa shape index (κ3) is 5.08. The van der Waals surface area contributed by atoms with E-state index in [0.29, 0.717) is 28.6 Å². The van der Waals surface area contributed by atoms with Crippen LogP contribution in [0.5, 0.6) is 40.2 Å². The van der Waals surface area contributed by atoms with Gasteiger partial charge in [0, 0.05) is 11.6 Å². The Morgan fingerprint density at radius 1 is 0.943 bits per heavy atom. The summed E-state index contributed by atoms with van der Waals surface area (Å²) in [7, 11) is 1.49. The topological polar surface area (TPSA) is 110 Å². The molecule has 9 heteroatoms. The average molecular weight is 480 g/mol. The fraction of sp³-hybridized carbons (Fsp3) is 0.231. The second-order valence-electron chi connectivity index (χ2n) is 7.53. The van der Waals surface area contributed by atoms with Gasteiger partial charge in [-0.2, -0.15) is 0 Å². The van der Waals surface area contributed by atoms with Crippen LogP contribution in [-0.2, 0) is 9.53 Å². The largest absolute Gasteiger partial charge is 0.497 e. The molecule has 0 fully saturated rings. The molecule has 1 N–H and O–H groups in total. The molecule has 1 atom stereocenters. The highest BCUT2D eigenvalue weighted by Gasteiger charge is 2.25. The lowest BCUT2D eigenvalue weighted by molar-refractivity contribution is -0.138. The summed E-state index contributed by atoms with van der Waals surface area (Å²) in [4.78, 5) is 24.6. The molecule has 0 aliphatic carbocycles. The fourth-order valence-electron chi connectivity index (χ4n) is 3.49. The number of carbonyl (C=O) groups excluding carboxylic acids is 1. The van der Waals surface area contributed by atoms with Gasteiger partial charge in [0.05, 0.1) is 19.6 Å². The van der Waals surface area contributed by atoms with E-state index in [2.05, 4.69) is 0 Å². The van der Waals surface area contributed by atoms with E-state index in [9.17, 15) is 14.7 Å². The SMILES string of the molecule is CCOC(=O)c1c(Oc2ccc3c(c2)OCO3)cccc1Oc1ccc(OC)cc1C(C)C(=O)O. The maximum absolute atomic E-state index is 12.9. The van der Waals surface area contributed by atoms with Crippen molar-refractivity contribution in [1.29, 1.82) is 0 Å². The van der Waals surface area contributed by atoms with Crippen LogP contribution in [0.25, 0.3) is 0 Å². The lowest BCUT2D eigenvalue weighted by atomic mass is 10.00. The lowest BCUT2D eigenvalue weighted by Crippen LogP contribution is -2.11. The highest BCUT2D eigenvalue weighted by Crippen LogP contribution is 2.41. The molecular weight excluding hydrogens is 456 g/mol. The number of fused-ring (bicyclic) bond motifs is 1. The Morgan fingerprint density at radius 3 is 2.37 bits per heavy atom. The maximum Gasteiger partial charge on any atom is 0.345 e. The summed E-state index contributed by atoms with van der Waals surface area (Å²) in [6.07, 6.45) is 0. The van der Waals surface area contributed by atoms with Gasteiger partial charge in [0.1, 0.15) is 34.3 Å². The number of benzene rings is 3. The molecule has 35 heavy (non-hydrogen) atoms. The Hall–Kier alpha value is -4.40. The Labute approximate surface area is 201 Å². The Bertz CT molecular complexity index is 1250. The fourth-order valence-corrected chi connectivity index (χ4v) is 3.49. The lowest BCUT2D eigenvalue weighted by Gasteiger charge is -2.18. The third-order valence-corrected chi connectivity index (χ3v) is 5.31. The van der Waals surface area contributed by atoms with Gasteiger partial charge in [-0.1, -0.05) is 6.07 Å². The Kier molecular flexibility index (Phi) is 6.96. The molecule has 0 amide bonds. The van der Waals surface area contributed by atoms with Crippen LogP contribution < -0.4 is 23.7 Å². The quantitative estimate of drug-likeness (QED) is 0.404. The summed E-state index contributed by atoms with van der Waals surface area (Å²) in [5.41, 5.74) is 0.436. The molecule has 0 radical (unpaired) electrons. The normalized spacial score (nSPS) is 12.5. The van der Waals surface area contributed by atoms with E-state index >= 15 is 0 Å². The van der Waals surface area contributed by atoms with Gasteiger partial charge >= 0.3 is 11.9 Å². The Balaban J connectivity index is 1.74. The number of ether oxygens (including phenoxy) is 6. The number of methoxy groups -OCH3 is 1. The molecule has 0 spiro atoms. The molecule has 0 bridgehead atoms. The van der Waals surface area contributed by atoms with Crippen molar-refractivity contribution in [3.8, 4) is 40.2 Å². The van der Waals surface area contributed by atoms with E-state index < -0.39 is 17.9 Å². The van der Waals surface area contributed by atoms with Crippen LogP contribution in [0.3, 0.4) is 0 Å². The van der Waals surface area contributed by atoms with E-state index in [-0.39, 0.29) is 36.2 Å². The molecule has 1 unspecified atom stereocenters. The molecule has 1 aliphatic heterocycles. The number of carboxylic acid groups (broad SMARTS) is 1. The molecule has 4 rings (SSSR count). The van der Waals surface area contributed by atoms with Gasteiger partial charge < -0.3 is 33.5 Å². The smallest absolute Gasteiger partial charge is 0.345 e. The van der Waals surface area contributed by atoms with Crippen molar-refractivity contribution in [2.75, 3.05) is 20.5 Å². The second kappa shape index (κ2) is 10.3. The number of aliphatic carboxylic acids is 1. The van der Waals surface area contributed by atoms with E-state index in [1.807, 2.05) is 0 Å². The summed E-state index contributed by atoms with van der Waals surface area (Å²) in [5.74, 6) is 0.0386. The Morgan fingerprint density at radius 2 is 1.66 bits per heavy atom. The van der Waals surface area contributed by atoms with E-state index in [4.69, 9.17) is 28.4 Å². The van der Waals surface area contributed by atoms with E-state index in [1.54, 1.807) is 61.5 Å². The first-order chi connectivity index (χ1) is 16.9. The molecule has 0 saturated carbocycles. The van der Waals surface area contributed by atoms with Crippen LogP contribution in [0.15, 0.2) is 54.6 Å². The molecule has 1 aliphatic rings. The second-order valence-corrected chi connectivity index (χ2v) is 7.53. The average Bonchev–Trinajstić information content (AvgIpc) is 3.32. The molecule has 0 saturated heterocycles. The van der Waals surface area contributed by atoms with Gasteiger partial charge in [-0.05, 0) is 56.3 Å². The maximum atomic E-state index is 12.9. The van der Waals surface area contributed by atoms with Gasteiger partial charge in [0.2, 0.25) is 6.79 Å². The zero-order valence-corrected chi connectivity index (χ0v) is 19.4. The minimum atomic E-state index is -1.03. The van der Waals surface area contributed by atoms with Crippen molar-refractivity contribution < 1.29 is 43.1 Å². The number of rotatable bonds is 9. The van der Waals surface area contributed by atoms with Gasteiger partial charge in [-0.3, -0.25) is 4.79 Å². The van der Waals surface area contributed by atoms with Gasteiger partial charge in [0.15, 0.2) is 11.5 Å². The van der Waals surface area contributed by atoms with Crippen LogP contribution in [0, 0.1) is 0 Å². The predicted octanol–water partition coefficient (Wildman–Crippen LogP) is 5.37. The first kappa shape index (κ1) is 23.7. The molecule has 1 heterocycles. The zero-order valence-electron chi connectivity index (χ0n) is 19.4. The minimum Gasteiger partial charge on any atom is -0.497 e. The van der Waals surface area contributed by atoms with Crippen LogP contribution in [0.1, 0.15) is 35.7 Å². The first-order valence-electron chi connectivity index (χ1n) is 10.9. The number of esters is 1. The first-order valence-corrected chi connectivity index (χ1v) is 10.9. The van der Waals surface area contributed by atoms with Crippen molar-refractivity contribution >= 4 is 11.9 Å². The van der Waals surface area contributed by atoms with E-state index in [0.717, 1.165) is 0 Å². The molecule has 3 aromatic rings. The summed E-state index contributed by atoms with van der Waals surface area (Å²) >= 11 is 0. The molecule has 182 valence electrons. The predicted molar refractivity (Wildman–Crippen MR) is 124 cm³/mol. The van der Waals surface area contributed by atoms with Gasteiger partial charge in [0.25, 0.3) is 0 Å². The zero-order chi connectivity index (χ0) is 24.9. The summed E-state index contributed by atoms with van der Waals surface area (Å²) in [6.45, 7) is 3.49. The molecule has 0 aromatic heterocycles. The van der Waals surface area contributed by atoms with Crippen LogP contribution in [-0.4, -0.2) is 37.6 Å². The summed E-state index contributed by atoms with van der Waals surface area (Å²) < 4.78 is 33.3. The summed E-state index contributed by atoms with van der Waals surface area (Å²) in [5, 5.41) is 9.57. The number of hydrogen-bond acceptors (Lipinski definition) is 8. The van der Waals surface area contributed by atoms with Crippen LogP contribution in [0.2, 0.25) is 0 Å². The van der Waals surface area contributed by atoms with Crippen molar-refractivity contribution in [1.82, 2.24) is 0 Å². The monoisotopic (exact) mass is 480 g/mol. The standard InChI is InChI=1S/C26H24O9/c1-4-31-26(29)24-21(34-17-9-11-20-23(13-17)33-14-32-20)6-5-7-22(24)35-19-10-8-16(30-3)12-18(19)15(2)25(27)28/h5-13,15H,4,14H2,1-3H3,(H,27,28). The number of carboxylic acids is 1. The van der Waals surface area contributed by atoms with Crippen molar-refractivity contribution in [3.63, 3.8) is 0 Å². The van der Waals surface area contributed by atoms with Crippen LogP contribution >= 0.6 is 0 Å². The van der Waals surface area contributed by atoms with Crippen molar-refractivity contribution in [3.05, 3.63) is 65.7 Å². The van der Waals surface area contributed by atoms with Crippen LogP contribution in [0.4, 0.5) is 0 Å². The third-order valence-electron chi connectivity index (χ3n) is 5.31.